The quantitative estimate of drug-likeness (QED) is 0.204. The van der Waals surface area contributed by atoms with Gasteiger partial charge in [0, 0.05) is 84.0 Å². The zero-order chi connectivity index (χ0) is 29.4. The first kappa shape index (κ1) is 30.0. The molecule has 2 aromatic heterocycles. The second-order valence-corrected chi connectivity index (χ2v) is 9.41. The number of imidazole rings is 1. The molecule has 1 aliphatic rings. The van der Waals surface area contributed by atoms with Crippen LogP contribution in [0.2, 0.25) is 0 Å². The minimum absolute atomic E-state index is 0.0628. The predicted molar refractivity (Wildman–Crippen MR) is 146 cm³/mol. The molecule has 1 fully saturated rings. The summed E-state index contributed by atoms with van der Waals surface area (Å²) in [5, 5.41) is 27.1. The van der Waals surface area contributed by atoms with E-state index in [1.165, 1.54) is 23.7 Å². The molecule has 0 unspecified atom stereocenters. The van der Waals surface area contributed by atoms with Crippen LogP contribution in [-0.4, -0.2) is 83.4 Å². The number of hydrogen-bond acceptors (Lipinski definition) is 9. The lowest BCUT2D eigenvalue weighted by Gasteiger charge is -2.36. The summed E-state index contributed by atoms with van der Waals surface area (Å²) in [6.45, 7) is 4.69. The number of hydrogen-bond donors (Lipinski definition) is 2. The van der Waals surface area contributed by atoms with Gasteiger partial charge >= 0.3 is 17.6 Å². The van der Waals surface area contributed by atoms with Gasteiger partial charge in [0.05, 0.1) is 11.3 Å². The van der Waals surface area contributed by atoms with Crippen molar-refractivity contribution >= 4 is 34.5 Å². The number of fused-ring (bicyclic) bond motifs is 1. The second kappa shape index (κ2) is 13.5. The molecule has 0 radical (unpaired) electrons. The highest BCUT2D eigenvalue weighted by Crippen LogP contribution is 2.20. The van der Waals surface area contributed by atoms with Crippen molar-refractivity contribution < 1.29 is 24.7 Å². The summed E-state index contributed by atoms with van der Waals surface area (Å²) >= 11 is 0. The van der Waals surface area contributed by atoms with Crippen molar-refractivity contribution in [2.24, 2.45) is 14.1 Å². The average molecular weight is 560 g/mol. The largest absolute Gasteiger partial charge is 0.481 e. The lowest BCUT2D eigenvalue weighted by atomic mass is 10.2. The van der Waals surface area contributed by atoms with Gasteiger partial charge in [-0.05, 0) is 25.0 Å². The van der Waals surface area contributed by atoms with Crippen LogP contribution in [0.5, 0.6) is 0 Å². The number of carboxylic acid groups (broad SMARTS) is 2. The van der Waals surface area contributed by atoms with Gasteiger partial charge in [-0.15, -0.1) is 0 Å². The molecule has 0 aliphatic carbocycles. The normalized spacial score (nSPS) is 13.6. The number of aryl methyl sites for hydroxylation is 1. The van der Waals surface area contributed by atoms with E-state index in [9.17, 15) is 29.3 Å². The molecule has 0 atom stereocenters. The van der Waals surface area contributed by atoms with Gasteiger partial charge in [0.2, 0.25) is 0 Å². The Morgan fingerprint density at radius 2 is 1.50 bits per heavy atom. The van der Waals surface area contributed by atoms with Crippen LogP contribution < -0.4 is 16.1 Å². The Labute approximate surface area is 228 Å². The highest BCUT2D eigenvalue weighted by molar-refractivity contribution is 5.70. The maximum atomic E-state index is 12.5. The molecule has 0 saturated carbocycles. The van der Waals surface area contributed by atoms with Crippen LogP contribution in [-0.2, 0) is 30.2 Å². The zero-order valence-corrected chi connectivity index (χ0v) is 22.4. The molecule has 1 aromatic carbocycles. The molecular weight excluding hydrogens is 526 g/mol. The third-order valence-electron chi connectivity index (χ3n) is 6.70. The fourth-order valence-electron chi connectivity index (χ4n) is 4.38. The molecule has 0 bridgehead atoms. The smallest absolute Gasteiger partial charge is 0.332 e. The fourth-order valence-corrected chi connectivity index (χ4v) is 4.38. The van der Waals surface area contributed by atoms with Crippen molar-refractivity contribution in [3.05, 3.63) is 61.5 Å². The van der Waals surface area contributed by atoms with Crippen LogP contribution >= 0.6 is 0 Å². The summed E-state index contributed by atoms with van der Waals surface area (Å²) in [6.07, 6.45) is 2.63. The maximum Gasteiger partial charge on any atom is 0.332 e. The van der Waals surface area contributed by atoms with Gasteiger partial charge in [-0.1, -0.05) is 0 Å². The Balaban J connectivity index is 0.000000378. The Kier molecular flexibility index (Phi) is 10.1. The van der Waals surface area contributed by atoms with Crippen LogP contribution in [0, 0.1) is 10.1 Å². The van der Waals surface area contributed by atoms with E-state index < -0.39 is 16.9 Å². The predicted octanol–water partition coefficient (Wildman–Crippen LogP) is 0.880. The number of nitrogens with zero attached hydrogens (tertiary/aromatic N) is 7. The minimum atomic E-state index is -0.870. The molecule has 1 saturated heterocycles. The number of non-ortho nitro benzene ring substituents is 1. The molecule has 4 rings (SSSR count). The first-order valence-electron chi connectivity index (χ1n) is 12.8. The number of aromatic nitrogens is 4. The number of carbonyl (C=O) groups is 2. The van der Waals surface area contributed by atoms with Crippen molar-refractivity contribution in [2.45, 2.75) is 32.2 Å². The monoisotopic (exact) mass is 559 g/mol. The number of anilines is 1. The minimum Gasteiger partial charge on any atom is -0.481 e. The summed E-state index contributed by atoms with van der Waals surface area (Å²) in [4.78, 5) is 63.5. The van der Waals surface area contributed by atoms with E-state index in [0.29, 0.717) is 30.6 Å². The molecule has 15 heteroatoms. The number of aliphatic carboxylic acids is 2. The van der Waals surface area contributed by atoms with Gasteiger partial charge in [0.15, 0.2) is 11.2 Å². The maximum absolute atomic E-state index is 12.5. The molecule has 1 aliphatic heterocycles. The zero-order valence-electron chi connectivity index (χ0n) is 22.4. The number of carboxylic acids is 2. The Hall–Kier alpha value is -4.53. The Morgan fingerprint density at radius 1 is 0.925 bits per heavy atom. The van der Waals surface area contributed by atoms with Crippen molar-refractivity contribution in [1.82, 2.24) is 23.6 Å². The van der Waals surface area contributed by atoms with Crippen LogP contribution in [0.1, 0.15) is 25.7 Å². The van der Waals surface area contributed by atoms with Crippen molar-refractivity contribution in [2.75, 3.05) is 37.6 Å². The number of piperazine rings is 1. The summed E-state index contributed by atoms with van der Waals surface area (Å²) < 4.78 is 4.29. The fraction of sp³-hybridized carbons (Fsp3) is 0.480. The van der Waals surface area contributed by atoms with Crippen LogP contribution in [0.25, 0.3) is 11.2 Å². The van der Waals surface area contributed by atoms with Crippen LogP contribution in [0.15, 0.2) is 40.2 Å². The van der Waals surface area contributed by atoms with Gasteiger partial charge < -0.3 is 19.7 Å². The Bertz CT molecular complexity index is 1450. The van der Waals surface area contributed by atoms with E-state index in [1.54, 1.807) is 30.1 Å². The molecule has 0 spiro atoms. The second-order valence-electron chi connectivity index (χ2n) is 9.41. The van der Waals surface area contributed by atoms with E-state index >= 15 is 0 Å². The first-order valence-corrected chi connectivity index (χ1v) is 12.8. The van der Waals surface area contributed by atoms with Gasteiger partial charge in [-0.2, -0.15) is 0 Å². The molecule has 2 N–H and O–H groups in total. The summed E-state index contributed by atoms with van der Waals surface area (Å²) in [5.74, 6) is -1.74. The number of benzene rings is 1. The lowest BCUT2D eigenvalue weighted by molar-refractivity contribution is -0.384. The molecule has 216 valence electrons. The molecule has 3 heterocycles. The number of rotatable bonds is 10. The van der Waals surface area contributed by atoms with Crippen molar-refractivity contribution in [3.8, 4) is 0 Å². The third-order valence-corrected chi connectivity index (χ3v) is 6.70. The van der Waals surface area contributed by atoms with Crippen LogP contribution in [0.3, 0.4) is 0 Å². The van der Waals surface area contributed by atoms with Crippen molar-refractivity contribution in [1.29, 1.82) is 0 Å². The van der Waals surface area contributed by atoms with E-state index in [1.807, 2.05) is 0 Å². The van der Waals surface area contributed by atoms with E-state index in [0.717, 1.165) is 43.0 Å². The summed E-state index contributed by atoms with van der Waals surface area (Å²) in [6, 6.07) is 6.62. The number of nitro groups is 1. The van der Waals surface area contributed by atoms with Gasteiger partial charge in [-0.25, -0.2) is 9.78 Å². The number of unbranched alkanes of at least 4 members (excludes halogenated alkanes) is 1. The van der Waals surface area contributed by atoms with Crippen LogP contribution in [0.4, 0.5) is 11.4 Å². The van der Waals surface area contributed by atoms with Gasteiger partial charge in [0.25, 0.3) is 11.2 Å². The average Bonchev–Trinajstić information content (AvgIpc) is 3.37. The highest BCUT2D eigenvalue weighted by atomic mass is 16.6. The third kappa shape index (κ3) is 7.53. The SMILES string of the molecule is Cn1c(=O)c2c(ncn2CCN2CCN(c3ccc([N+](=O)[O-])cc3)CC2)n(C)c1=O.O=C(O)CCCCC(=O)O. The molecule has 40 heavy (non-hydrogen) atoms. The lowest BCUT2D eigenvalue weighted by Crippen LogP contribution is -2.47. The topological polar surface area (TPSA) is 186 Å². The van der Waals surface area contributed by atoms with Gasteiger partial charge in [-0.3, -0.25) is 38.5 Å². The first-order chi connectivity index (χ1) is 19.0. The van der Waals surface area contributed by atoms with E-state index in [4.69, 9.17) is 10.2 Å². The van der Waals surface area contributed by atoms with Gasteiger partial charge in [0.1, 0.15) is 0 Å². The molecule has 0 amide bonds. The standard InChI is InChI=1S/C19H23N7O4.C6H10O4/c1-21-17-16(18(27)22(2)19(21)28)25(13-20-17)12-9-23-7-10-24(11-8-23)14-3-5-15(6-4-14)26(29)30;7-5(8)3-1-2-4-6(9)10/h3-6,13H,7-12H2,1-2H3;1-4H2,(H,7,8)(H,9,10). The molecule has 3 aromatic rings. The summed E-state index contributed by atoms with van der Waals surface area (Å²) in [5.41, 5.74) is 1.17. The summed E-state index contributed by atoms with van der Waals surface area (Å²) in [7, 11) is 3.08. The molecule has 15 nitrogen and oxygen atoms in total. The Morgan fingerprint density at radius 3 is 2.02 bits per heavy atom. The van der Waals surface area contributed by atoms with Crippen molar-refractivity contribution in [3.63, 3.8) is 0 Å². The molecular formula is C25H33N7O8. The van der Waals surface area contributed by atoms with E-state index in [2.05, 4.69) is 14.8 Å². The highest BCUT2D eigenvalue weighted by Gasteiger charge is 2.19. The number of nitro benzene ring substituents is 1. The van der Waals surface area contributed by atoms with E-state index in [-0.39, 0.29) is 29.8 Å².